The number of carbonyl (C=O) groups is 2. The number of hydrogen-bond donors (Lipinski definition) is 0. The molecule has 0 spiro atoms. The molecular formula is C24H23ClN4O4S. The van der Waals surface area contributed by atoms with Crippen LogP contribution < -0.4 is 10.5 Å². The number of anilines is 1. The summed E-state index contributed by atoms with van der Waals surface area (Å²) in [4.78, 5) is 45.6. The van der Waals surface area contributed by atoms with Gasteiger partial charge in [-0.25, -0.2) is 9.78 Å². The standard InChI is InChI=1S/C24H23ClN4O4S/c1-15-20-22(27-18-9-3-2-4-11-29(18)23(20)31)34-21(15)24(32)33-14-19(30)28(12-6-10-26)17-8-5-7-16(25)13-17/h5,7-8,13H,2-4,6,9,11-12,14H2,1H3. The Morgan fingerprint density at radius 2 is 2.15 bits per heavy atom. The molecule has 0 aliphatic carbocycles. The van der Waals surface area contributed by atoms with Gasteiger partial charge in [-0.3, -0.25) is 14.2 Å². The Morgan fingerprint density at radius 1 is 1.32 bits per heavy atom. The second-order valence-electron chi connectivity index (χ2n) is 8.04. The van der Waals surface area contributed by atoms with E-state index in [9.17, 15) is 14.4 Å². The van der Waals surface area contributed by atoms with Gasteiger partial charge in [0.25, 0.3) is 11.5 Å². The molecule has 0 atom stereocenters. The quantitative estimate of drug-likeness (QED) is 0.470. The maximum absolute atomic E-state index is 13.1. The Kier molecular flexibility index (Phi) is 7.29. The predicted octanol–water partition coefficient (Wildman–Crippen LogP) is 4.25. The SMILES string of the molecule is Cc1c(C(=O)OCC(=O)N(CCC#N)c2cccc(Cl)c2)sc2nc3n(c(=O)c12)CCCCC3. The molecule has 0 N–H and O–H groups in total. The van der Waals surface area contributed by atoms with Gasteiger partial charge in [0.1, 0.15) is 15.5 Å². The van der Waals surface area contributed by atoms with Crippen molar-refractivity contribution in [2.45, 2.75) is 45.6 Å². The van der Waals surface area contributed by atoms with Crippen molar-refractivity contribution < 1.29 is 14.3 Å². The van der Waals surface area contributed by atoms with Gasteiger partial charge in [0.05, 0.1) is 17.9 Å². The number of nitrogens with zero attached hydrogens (tertiary/aromatic N) is 4. The molecule has 0 fully saturated rings. The summed E-state index contributed by atoms with van der Waals surface area (Å²) in [5.74, 6) is -0.407. The summed E-state index contributed by atoms with van der Waals surface area (Å²) < 4.78 is 7.04. The molecule has 1 aliphatic heterocycles. The van der Waals surface area contributed by atoms with E-state index in [0.29, 0.717) is 33.0 Å². The minimum Gasteiger partial charge on any atom is -0.451 e. The van der Waals surface area contributed by atoms with Crippen LogP contribution in [0.2, 0.25) is 5.02 Å². The Bertz CT molecular complexity index is 1360. The number of esters is 1. The zero-order chi connectivity index (χ0) is 24.2. The number of thiophene rings is 1. The van der Waals surface area contributed by atoms with Gasteiger partial charge < -0.3 is 9.64 Å². The number of carbonyl (C=O) groups excluding carboxylic acids is 2. The van der Waals surface area contributed by atoms with Crippen LogP contribution in [-0.4, -0.2) is 34.6 Å². The van der Waals surface area contributed by atoms with Crippen LogP contribution in [0, 0.1) is 18.3 Å². The first-order valence-corrected chi connectivity index (χ1v) is 12.2. The van der Waals surface area contributed by atoms with Crippen LogP contribution >= 0.6 is 22.9 Å². The highest BCUT2D eigenvalue weighted by Gasteiger charge is 2.24. The van der Waals surface area contributed by atoms with Crippen molar-refractivity contribution in [2.24, 2.45) is 0 Å². The third-order valence-corrected chi connectivity index (χ3v) is 7.19. The number of nitriles is 1. The minimum absolute atomic E-state index is 0.113. The lowest BCUT2D eigenvalue weighted by Gasteiger charge is -2.21. The van der Waals surface area contributed by atoms with E-state index in [-0.39, 0.29) is 23.4 Å². The van der Waals surface area contributed by atoms with E-state index in [0.717, 1.165) is 42.8 Å². The maximum Gasteiger partial charge on any atom is 0.349 e. The third-order valence-electron chi connectivity index (χ3n) is 5.79. The van der Waals surface area contributed by atoms with Crippen LogP contribution in [0.25, 0.3) is 10.2 Å². The topological polar surface area (TPSA) is 105 Å². The highest BCUT2D eigenvalue weighted by Crippen LogP contribution is 2.29. The fourth-order valence-corrected chi connectivity index (χ4v) is 5.35. The molecule has 1 aromatic carbocycles. The van der Waals surface area contributed by atoms with Crippen molar-refractivity contribution in [3.8, 4) is 6.07 Å². The highest BCUT2D eigenvalue weighted by atomic mass is 35.5. The first-order valence-electron chi connectivity index (χ1n) is 11.0. The molecule has 176 valence electrons. The number of aromatic nitrogens is 2. The van der Waals surface area contributed by atoms with E-state index in [1.165, 1.54) is 4.90 Å². The molecule has 10 heteroatoms. The fraction of sp³-hybridized carbons (Fsp3) is 0.375. The van der Waals surface area contributed by atoms with Gasteiger partial charge in [0, 0.05) is 30.2 Å². The van der Waals surface area contributed by atoms with Crippen LogP contribution in [0.15, 0.2) is 29.1 Å². The van der Waals surface area contributed by atoms with Crippen molar-refractivity contribution in [3.63, 3.8) is 0 Å². The first kappa shape index (κ1) is 23.9. The number of amides is 1. The van der Waals surface area contributed by atoms with Crippen molar-refractivity contribution in [1.82, 2.24) is 9.55 Å². The lowest BCUT2D eigenvalue weighted by molar-refractivity contribution is -0.121. The first-order chi connectivity index (χ1) is 16.4. The lowest BCUT2D eigenvalue weighted by Crippen LogP contribution is -2.35. The third kappa shape index (κ3) is 4.83. The maximum atomic E-state index is 13.1. The second-order valence-corrected chi connectivity index (χ2v) is 9.48. The number of halogens is 1. The van der Waals surface area contributed by atoms with Gasteiger partial charge in [-0.05, 0) is 43.5 Å². The monoisotopic (exact) mass is 498 g/mol. The molecule has 3 heterocycles. The summed E-state index contributed by atoms with van der Waals surface area (Å²) in [6.07, 6.45) is 3.81. The predicted molar refractivity (Wildman–Crippen MR) is 130 cm³/mol. The van der Waals surface area contributed by atoms with Crippen molar-refractivity contribution in [3.05, 3.63) is 55.9 Å². The Labute approximate surface area is 205 Å². The smallest absolute Gasteiger partial charge is 0.349 e. The molecule has 1 amide bonds. The molecule has 0 radical (unpaired) electrons. The van der Waals surface area contributed by atoms with Crippen LogP contribution in [0.5, 0.6) is 0 Å². The number of rotatable bonds is 6. The van der Waals surface area contributed by atoms with Crippen molar-refractivity contribution >= 4 is 50.7 Å². The summed E-state index contributed by atoms with van der Waals surface area (Å²) >= 11 is 7.15. The number of ether oxygens (including phenoxy) is 1. The lowest BCUT2D eigenvalue weighted by atomic mass is 10.2. The Morgan fingerprint density at radius 3 is 2.91 bits per heavy atom. The zero-order valence-corrected chi connectivity index (χ0v) is 20.2. The molecular weight excluding hydrogens is 476 g/mol. The molecule has 0 saturated carbocycles. The zero-order valence-electron chi connectivity index (χ0n) is 18.7. The Balaban J connectivity index is 1.55. The average Bonchev–Trinajstić information content (AvgIpc) is 2.98. The van der Waals surface area contributed by atoms with Gasteiger partial charge in [-0.15, -0.1) is 11.3 Å². The Hall–Kier alpha value is -3.22. The number of hydrogen-bond acceptors (Lipinski definition) is 7. The van der Waals surface area contributed by atoms with Gasteiger partial charge in [-0.2, -0.15) is 5.26 Å². The van der Waals surface area contributed by atoms with E-state index in [4.69, 9.17) is 21.6 Å². The molecule has 0 unspecified atom stereocenters. The van der Waals surface area contributed by atoms with Crippen molar-refractivity contribution in [2.75, 3.05) is 18.1 Å². The number of benzene rings is 1. The van der Waals surface area contributed by atoms with Crippen LogP contribution in [0.1, 0.15) is 46.7 Å². The molecule has 1 aliphatic rings. The highest BCUT2D eigenvalue weighted by molar-refractivity contribution is 7.20. The average molecular weight is 499 g/mol. The number of aryl methyl sites for hydroxylation is 2. The van der Waals surface area contributed by atoms with E-state index >= 15 is 0 Å². The molecule has 8 nitrogen and oxygen atoms in total. The van der Waals surface area contributed by atoms with Gasteiger partial charge in [0.15, 0.2) is 6.61 Å². The summed E-state index contributed by atoms with van der Waals surface area (Å²) in [6.45, 7) is 1.96. The fourth-order valence-electron chi connectivity index (χ4n) is 4.08. The van der Waals surface area contributed by atoms with Gasteiger partial charge in [0.2, 0.25) is 0 Å². The minimum atomic E-state index is -0.681. The summed E-state index contributed by atoms with van der Waals surface area (Å²) in [5.41, 5.74) is 0.903. The van der Waals surface area contributed by atoms with Crippen LogP contribution in [0.3, 0.4) is 0 Å². The molecule has 34 heavy (non-hydrogen) atoms. The van der Waals surface area contributed by atoms with Gasteiger partial charge >= 0.3 is 5.97 Å². The van der Waals surface area contributed by atoms with E-state index < -0.39 is 18.5 Å². The second kappa shape index (κ2) is 10.4. The largest absolute Gasteiger partial charge is 0.451 e. The normalized spacial score (nSPS) is 13.1. The molecule has 3 aromatic rings. The van der Waals surface area contributed by atoms with Crippen molar-refractivity contribution in [1.29, 1.82) is 5.26 Å². The summed E-state index contributed by atoms with van der Waals surface area (Å²) in [7, 11) is 0. The van der Waals surface area contributed by atoms with Crippen LogP contribution in [-0.2, 0) is 22.5 Å². The van der Waals surface area contributed by atoms with Gasteiger partial charge in [-0.1, -0.05) is 24.1 Å². The molecule has 4 rings (SSSR count). The molecule has 0 bridgehead atoms. The van der Waals surface area contributed by atoms with E-state index in [2.05, 4.69) is 4.98 Å². The van der Waals surface area contributed by atoms with E-state index in [1.54, 1.807) is 35.8 Å². The number of fused-ring (bicyclic) bond motifs is 2. The summed E-state index contributed by atoms with van der Waals surface area (Å²) in [5, 5.41) is 9.83. The van der Waals surface area contributed by atoms with E-state index in [1.807, 2.05) is 6.07 Å². The molecule has 0 saturated heterocycles. The molecule has 2 aromatic heterocycles. The van der Waals surface area contributed by atoms with Crippen LogP contribution in [0.4, 0.5) is 5.69 Å². The summed E-state index contributed by atoms with van der Waals surface area (Å²) in [6, 6.07) is 8.69.